The number of hydrogen-bond donors (Lipinski definition) is 3. The Kier molecular flexibility index (Phi) is 8.48. The van der Waals surface area contributed by atoms with Crippen molar-refractivity contribution in [3.63, 3.8) is 0 Å². The minimum atomic E-state index is -1.11. The van der Waals surface area contributed by atoms with Gasteiger partial charge in [0.2, 0.25) is 0 Å². The molecule has 0 aliphatic carbocycles. The van der Waals surface area contributed by atoms with Crippen LogP contribution in [0.1, 0.15) is 11.4 Å². The van der Waals surface area contributed by atoms with Gasteiger partial charge in [-0.15, -0.1) is 0 Å². The SMILES string of the molecule is COc1ccc2nc(COc3ccc(CC(SSC[C@H](N)C(=O)O)C(=O)O)cc3)n(C)c2c1. The first-order chi connectivity index (χ1) is 15.8. The highest BCUT2D eigenvalue weighted by molar-refractivity contribution is 8.77. The molecule has 11 heteroatoms. The maximum Gasteiger partial charge on any atom is 0.321 e. The second-order valence-electron chi connectivity index (χ2n) is 7.23. The number of ether oxygens (including phenoxy) is 2. The number of aromatic nitrogens is 2. The number of carboxylic acid groups (broad SMARTS) is 2. The van der Waals surface area contributed by atoms with Crippen molar-refractivity contribution >= 4 is 44.6 Å². The molecule has 1 unspecified atom stereocenters. The molecular formula is C22H25N3O6S2. The van der Waals surface area contributed by atoms with Crippen LogP contribution >= 0.6 is 21.6 Å². The van der Waals surface area contributed by atoms with Crippen molar-refractivity contribution in [3.05, 3.63) is 53.9 Å². The van der Waals surface area contributed by atoms with Crippen LogP contribution in [0.15, 0.2) is 42.5 Å². The molecule has 2 atom stereocenters. The number of fused-ring (bicyclic) bond motifs is 1. The molecule has 33 heavy (non-hydrogen) atoms. The van der Waals surface area contributed by atoms with E-state index < -0.39 is 23.2 Å². The molecule has 2 aromatic carbocycles. The van der Waals surface area contributed by atoms with Gasteiger partial charge in [0.1, 0.15) is 35.2 Å². The summed E-state index contributed by atoms with van der Waals surface area (Å²) in [5.74, 6) is 0.227. The number of aliphatic carboxylic acids is 2. The van der Waals surface area contributed by atoms with Crippen molar-refractivity contribution < 1.29 is 29.3 Å². The molecule has 0 spiro atoms. The Morgan fingerprint density at radius 1 is 1.12 bits per heavy atom. The van der Waals surface area contributed by atoms with Crippen LogP contribution in [0.4, 0.5) is 0 Å². The molecule has 0 saturated carbocycles. The quantitative estimate of drug-likeness (QED) is 0.324. The van der Waals surface area contributed by atoms with Crippen LogP contribution in [0.5, 0.6) is 11.5 Å². The number of nitrogens with zero attached hydrogens (tertiary/aromatic N) is 2. The van der Waals surface area contributed by atoms with E-state index in [9.17, 15) is 14.7 Å². The topological polar surface area (TPSA) is 137 Å². The van der Waals surface area contributed by atoms with Crippen LogP contribution in [-0.4, -0.2) is 55.9 Å². The molecule has 0 saturated heterocycles. The van der Waals surface area contributed by atoms with E-state index in [4.69, 9.17) is 20.3 Å². The Morgan fingerprint density at radius 2 is 1.82 bits per heavy atom. The Hall–Kier alpha value is -2.89. The van der Waals surface area contributed by atoms with Crippen molar-refractivity contribution in [2.75, 3.05) is 12.9 Å². The van der Waals surface area contributed by atoms with E-state index in [-0.39, 0.29) is 12.4 Å². The lowest BCUT2D eigenvalue weighted by Gasteiger charge is -2.13. The van der Waals surface area contributed by atoms with E-state index in [0.29, 0.717) is 12.2 Å². The van der Waals surface area contributed by atoms with Crippen molar-refractivity contribution in [2.24, 2.45) is 12.8 Å². The lowest BCUT2D eigenvalue weighted by molar-refractivity contribution is -0.138. The van der Waals surface area contributed by atoms with Gasteiger partial charge in [-0.25, -0.2) is 4.98 Å². The summed E-state index contributed by atoms with van der Waals surface area (Å²) in [5, 5.41) is 17.6. The van der Waals surface area contributed by atoms with E-state index in [2.05, 4.69) is 4.98 Å². The van der Waals surface area contributed by atoms with Gasteiger partial charge >= 0.3 is 11.9 Å². The molecule has 0 bridgehead atoms. The molecule has 0 radical (unpaired) electrons. The third kappa shape index (κ3) is 6.56. The van der Waals surface area contributed by atoms with Crippen molar-refractivity contribution in [1.82, 2.24) is 9.55 Å². The number of imidazole rings is 1. The maximum absolute atomic E-state index is 11.6. The van der Waals surface area contributed by atoms with E-state index in [0.717, 1.165) is 49.8 Å². The summed E-state index contributed by atoms with van der Waals surface area (Å²) in [5.41, 5.74) is 8.09. The lowest BCUT2D eigenvalue weighted by atomic mass is 10.1. The zero-order chi connectivity index (χ0) is 24.0. The highest BCUT2D eigenvalue weighted by Crippen LogP contribution is 2.30. The average molecular weight is 492 g/mol. The van der Waals surface area contributed by atoms with Crippen molar-refractivity contribution in [2.45, 2.75) is 24.3 Å². The number of benzene rings is 2. The van der Waals surface area contributed by atoms with Gasteiger partial charge in [0.05, 0.1) is 18.1 Å². The van der Waals surface area contributed by atoms with Crippen LogP contribution in [0.25, 0.3) is 11.0 Å². The van der Waals surface area contributed by atoms with Gasteiger partial charge in [0.25, 0.3) is 0 Å². The Bertz CT molecular complexity index is 1120. The molecule has 3 aromatic rings. The standard InChI is InChI=1S/C22H25N3O6S2/c1-25-18-10-15(30-2)7-8-17(18)24-20(25)11-31-14-5-3-13(4-6-14)9-19(22(28)29)33-32-12-16(23)21(26)27/h3-8,10,16,19H,9,11-12,23H2,1-2H3,(H,26,27)(H,28,29)/t16-,19?/m0/s1. The summed E-state index contributed by atoms with van der Waals surface area (Å²) in [4.78, 5) is 26.9. The lowest BCUT2D eigenvalue weighted by Crippen LogP contribution is -2.32. The van der Waals surface area contributed by atoms with Gasteiger partial charge in [-0.2, -0.15) is 0 Å². The molecule has 0 fully saturated rings. The Labute approximate surface area is 198 Å². The predicted molar refractivity (Wildman–Crippen MR) is 129 cm³/mol. The molecule has 0 aliphatic rings. The Balaban J connectivity index is 1.57. The van der Waals surface area contributed by atoms with Gasteiger partial charge in [-0.05, 0) is 36.2 Å². The first kappa shape index (κ1) is 24.7. The largest absolute Gasteiger partial charge is 0.497 e. The number of nitrogens with two attached hydrogens (primary N) is 1. The van der Waals surface area contributed by atoms with Gasteiger partial charge < -0.3 is 30.0 Å². The van der Waals surface area contributed by atoms with Crippen LogP contribution in [0.2, 0.25) is 0 Å². The summed E-state index contributed by atoms with van der Waals surface area (Å²) < 4.78 is 13.1. The van der Waals surface area contributed by atoms with Crippen molar-refractivity contribution in [1.29, 1.82) is 0 Å². The van der Waals surface area contributed by atoms with Crippen LogP contribution < -0.4 is 15.2 Å². The molecular weight excluding hydrogens is 466 g/mol. The van der Waals surface area contributed by atoms with E-state index in [1.807, 2.05) is 41.9 Å². The Morgan fingerprint density at radius 3 is 2.45 bits per heavy atom. The smallest absolute Gasteiger partial charge is 0.321 e. The molecule has 9 nitrogen and oxygen atoms in total. The molecule has 3 rings (SSSR count). The zero-order valence-corrected chi connectivity index (χ0v) is 19.8. The summed E-state index contributed by atoms with van der Waals surface area (Å²) in [6.07, 6.45) is 0.294. The van der Waals surface area contributed by atoms with Gasteiger partial charge in [0, 0.05) is 18.9 Å². The highest BCUT2D eigenvalue weighted by Gasteiger charge is 2.21. The molecule has 4 N–H and O–H groups in total. The molecule has 0 aliphatic heterocycles. The summed E-state index contributed by atoms with van der Waals surface area (Å²) in [7, 11) is 5.80. The van der Waals surface area contributed by atoms with Gasteiger partial charge in [-0.1, -0.05) is 33.7 Å². The number of carbonyl (C=O) groups is 2. The third-order valence-electron chi connectivity index (χ3n) is 4.92. The second-order valence-corrected chi connectivity index (χ2v) is 9.85. The fourth-order valence-electron chi connectivity index (χ4n) is 2.99. The third-order valence-corrected chi connectivity index (χ3v) is 7.66. The molecule has 176 valence electrons. The minimum Gasteiger partial charge on any atom is -0.497 e. The monoisotopic (exact) mass is 491 g/mol. The number of rotatable bonds is 12. The van der Waals surface area contributed by atoms with Crippen LogP contribution in [-0.2, 0) is 29.7 Å². The summed E-state index contributed by atoms with van der Waals surface area (Å²) >= 11 is 0. The van der Waals surface area contributed by atoms with E-state index in [1.165, 1.54) is 0 Å². The highest BCUT2D eigenvalue weighted by atomic mass is 33.1. The number of methoxy groups -OCH3 is 1. The summed E-state index contributed by atoms with van der Waals surface area (Å²) in [6.45, 7) is 0.279. The van der Waals surface area contributed by atoms with E-state index in [1.54, 1.807) is 19.2 Å². The molecule has 1 aromatic heterocycles. The normalized spacial score (nSPS) is 12.9. The van der Waals surface area contributed by atoms with Crippen LogP contribution in [0.3, 0.4) is 0 Å². The minimum absolute atomic E-state index is 0.130. The first-order valence-electron chi connectivity index (χ1n) is 9.99. The van der Waals surface area contributed by atoms with Gasteiger partial charge in [0.15, 0.2) is 0 Å². The fraction of sp³-hybridized carbons (Fsp3) is 0.318. The maximum atomic E-state index is 11.6. The second kappa shape index (κ2) is 11.3. The summed E-state index contributed by atoms with van der Waals surface area (Å²) in [6, 6.07) is 11.9. The number of aryl methyl sites for hydroxylation is 1. The zero-order valence-electron chi connectivity index (χ0n) is 18.1. The number of carboxylic acids is 2. The number of hydrogen-bond acceptors (Lipinski definition) is 8. The first-order valence-corrected chi connectivity index (χ1v) is 12.4. The van der Waals surface area contributed by atoms with Crippen molar-refractivity contribution in [3.8, 4) is 11.5 Å². The van der Waals surface area contributed by atoms with E-state index >= 15 is 0 Å². The molecule has 0 amide bonds. The predicted octanol–water partition coefficient (Wildman–Crippen LogP) is 2.95. The van der Waals surface area contributed by atoms with Gasteiger partial charge in [-0.3, -0.25) is 9.59 Å². The average Bonchev–Trinajstić information content (AvgIpc) is 3.12. The van der Waals surface area contributed by atoms with Crippen LogP contribution in [0, 0.1) is 0 Å². The fourth-order valence-corrected chi connectivity index (χ4v) is 5.48. The molecule has 1 heterocycles.